The fraction of sp³-hybridized carbons (Fsp3) is 0.909. The molecule has 7 heteroatoms. The SMILES string of the molecule is CCOC(=O)C[CH2][Ge]12[O]CCN(CC[O]1)CC[O]2. The first kappa shape index (κ1) is 14.3. The second-order valence-corrected chi connectivity index (χ2v) is 10.1. The molecule has 0 aromatic heterocycles. The summed E-state index contributed by atoms with van der Waals surface area (Å²) in [5.41, 5.74) is 0. The summed E-state index contributed by atoms with van der Waals surface area (Å²) in [5, 5.41) is 0.568. The summed E-state index contributed by atoms with van der Waals surface area (Å²) in [4.78, 5) is 13.7. The Kier molecular flexibility index (Phi) is 5.43. The first-order chi connectivity index (χ1) is 8.74. The van der Waals surface area contributed by atoms with Gasteiger partial charge in [-0.25, -0.2) is 0 Å². The zero-order valence-corrected chi connectivity index (χ0v) is 13.0. The van der Waals surface area contributed by atoms with Crippen molar-refractivity contribution in [1.29, 1.82) is 0 Å². The molecule has 2 bridgehead atoms. The summed E-state index contributed by atoms with van der Waals surface area (Å²) in [6, 6.07) is 0. The van der Waals surface area contributed by atoms with Gasteiger partial charge in [0.15, 0.2) is 0 Å². The van der Waals surface area contributed by atoms with Crippen molar-refractivity contribution in [3.05, 3.63) is 0 Å². The van der Waals surface area contributed by atoms with Gasteiger partial charge in [-0.1, -0.05) is 0 Å². The van der Waals surface area contributed by atoms with Crippen molar-refractivity contribution in [1.82, 2.24) is 4.90 Å². The van der Waals surface area contributed by atoms with E-state index < -0.39 is 14.3 Å². The van der Waals surface area contributed by atoms with Crippen LogP contribution in [0.5, 0.6) is 0 Å². The average Bonchev–Trinajstić information content (AvgIpc) is 2.26. The van der Waals surface area contributed by atoms with Gasteiger partial charge < -0.3 is 0 Å². The van der Waals surface area contributed by atoms with Crippen molar-refractivity contribution in [2.24, 2.45) is 0 Å². The second-order valence-electron chi connectivity index (χ2n) is 4.38. The van der Waals surface area contributed by atoms with E-state index in [1.54, 1.807) is 6.92 Å². The van der Waals surface area contributed by atoms with Gasteiger partial charge in [-0.15, -0.1) is 0 Å². The Balaban J connectivity index is 1.91. The van der Waals surface area contributed by atoms with Gasteiger partial charge in [-0.2, -0.15) is 0 Å². The topological polar surface area (TPSA) is 57.2 Å². The maximum absolute atomic E-state index is 11.4. The fourth-order valence-corrected chi connectivity index (χ4v) is 7.19. The molecule has 0 aromatic rings. The van der Waals surface area contributed by atoms with E-state index in [1.165, 1.54) is 0 Å². The van der Waals surface area contributed by atoms with Crippen LogP contribution in [0.2, 0.25) is 5.25 Å². The molecular weight excluding hydrogens is 299 g/mol. The molecule has 0 atom stereocenters. The molecule has 0 radical (unpaired) electrons. The number of carbonyl (C=O) groups excluding carboxylic acids is 1. The number of nitrogens with zero attached hydrogens (tertiary/aromatic N) is 1. The molecule has 6 nitrogen and oxygen atoms in total. The van der Waals surface area contributed by atoms with Crippen LogP contribution in [0.4, 0.5) is 0 Å². The van der Waals surface area contributed by atoms with Crippen molar-refractivity contribution in [3.63, 3.8) is 0 Å². The summed E-state index contributed by atoms with van der Waals surface area (Å²) >= 11 is -3.20. The van der Waals surface area contributed by atoms with E-state index in [2.05, 4.69) is 4.90 Å². The van der Waals surface area contributed by atoms with Crippen LogP contribution >= 0.6 is 0 Å². The number of rotatable bonds is 4. The van der Waals surface area contributed by atoms with E-state index in [0.29, 0.717) is 38.1 Å². The summed E-state index contributed by atoms with van der Waals surface area (Å²) in [6.45, 7) is 6.93. The monoisotopic (exact) mass is 321 g/mol. The Morgan fingerprint density at radius 2 is 1.72 bits per heavy atom. The third-order valence-corrected chi connectivity index (χ3v) is 8.99. The molecule has 3 aliphatic rings. The number of carbonyl (C=O) groups is 1. The van der Waals surface area contributed by atoms with Crippen molar-refractivity contribution >= 4 is 20.2 Å². The molecule has 104 valence electrons. The fourth-order valence-electron chi connectivity index (χ4n) is 2.16. The van der Waals surface area contributed by atoms with Gasteiger partial charge >= 0.3 is 111 Å². The molecule has 3 rings (SSSR count). The van der Waals surface area contributed by atoms with Gasteiger partial charge in [0, 0.05) is 0 Å². The normalized spacial score (nSPS) is 32.4. The number of fused-ring (bicyclic) bond motifs is 6. The van der Waals surface area contributed by atoms with E-state index in [0.717, 1.165) is 19.6 Å². The van der Waals surface area contributed by atoms with E-state index in [-0.39, 0.29) is 5.97 Å². The average molecular weight is 320 g/mol. The Hall–Kier alpha value is -0.147. The van der Waals surface area contributed by atoms with Crippen molar-refractivity contribution in [3.8, 4) is 0 Å². The van der Waals surface area contributed by atoms with Gasteiger partial charge in [-0.3, -0.25) is 0 Å². The van der Waals surface area contributed by atoms with E-state index >= 15 is 0 Å². The minimum atomic E-state index is -3.20. The zero-order chi connectivity index (χ0) is 12.8. The molecule has 3 aliphatic heterocycles. The number of hydrogen-bond acceptors (Lipinski definition) is 6. The molecule has 0 amide bonds. The summed E-state index contributed by atoms with van der Waals surface area (Å²) in [5.74, 6) is -0.195. The zero-order valence-electron chi connectivity index (χ0n) is 10.9. The molecular formula is C11H21GeNO5. The molecule has 3 heterocycles. The summed E-state index contributed by atoms with van der Waals surface area (Å²) in [6.07, 6.45) is 0.331. The third kappa shape index (κ3) is 3.92. The molecule has 0 unspecified atom stereocenters. The van der Waals surface area contributed by atoms with Gasteiger partial charge in [0.05, 0.1) is 0 Å². The van der Waals surface area contributed by atoms with Gasteiger partial charge in [0.1, 0.15) is 0 Å². The Bertz CT molecular complexity index is 262. The van der Waals surface area contributed by atoms with Crippen LogP contribution in [0.3, 0.4) is 0 Å². The molecule has 3 fully saturated rings. The van der Waals surface area contributed by atoms with Crippen LogP contribution in [-0.4, -0.2) is 71.2 Å². The van der Waals surface area contributed by atoms with Gasteiger partial charge in [-0.05, 0) is 0 Å². The van der Waals surface area contributed by atoms with Crippen LogP contribution in [0.15, 0.2) is 0 Å². The van der Waals surface area contributed by atoms with E-state index in [9.17, 15) is 4.79 Å². The molecule has 18 heavy (non-hydrogen) atoms. The molecule has 0 N–H and O–H groups in total. The summed E-state index contributed by atoms with van der Waals surface area (Å²) < 4.78 is 22.5. The Labute approximate surface area is 111 Å². The minimum absolute atomic E-state index is 0.195. The predicted octanol–water partition coefficient (Wildman–Crippen LogP) is 0.258. The van der Waals surface area contributed by atoms with Crippen molar-refractivity contribution < 1.29 is 20.8 Å². The second kappa shape index (κ2) is 6.86. The number of esters is 1. The van der Waals surface area contributed by atoms with Gasteiger partial charge in [0.25, 0.3) is 0 Å². The predicted molar refractivity (Wildman–Crippen MR) is 66.1 cm³/mol. The van der Waals surface area contributed by atoms with Crippen molar-refractivity contribution in [2.45, 2.75) is 18.6 Å². The molecule has 3 saturated heterocycles. The quantitative estimate of drug-likeness (QED) is 0.547. The number of hydrogen-bond donors (Lipinski definition) is 0. The first-order valence-electron chi connectivity index (χ1n) is 6.54. The third-order valence-electron chi connectivity index (χ3n) is 3.13. The number of ether oxygens (including phenoxy) is 1. The van der Waals surface area contributed by atoms with Crippen LogP contribution < -0.4 is 0 Å². The van der Waals surface area contributed by atoms with Crippen LogP contribution in [0.25, 0.3) is 0 Å². The standard InChI is InChI=1S/C11H21GeNO5/c1-2-15-11(14)3-4-12-16-8-5-13(6-9-17-12)7-10-18-12/h2-10H2,1H3. The Morgan fingerprint density at radius 3 is 2.22 bits per heavy atom. The first-order valence-corrected chi connectivity index (χ1v) is 10.6. The molecule has 0 aliphatic carbocycles. The maximum atomic E-state index is 11.4. The molecule has 0 saturated carbocycles. The van der Waals surface area contributed by atoms with Crippen LogP contribution in [0.1, 0.15) is 13.3 Å². The van der Waals surface area contributed by atoms with E-state index in [1.807, 2.05) is 0 Å². The van der Waals surface area contributed by atoms with Crippen LogP contribution in [0, 0.1) is 0 Å². The summed E-state index contributed by atoms with van der Waals surface area (Å²) in [7, 11) is 0. The molecule has 0 aromatic carbocycles. The Morgan fingerprint density at radius 1 is 1.17 bits per heavy atom. The molecule has 0 spiro atoms. The van der Waals surface area contributed by atoms with Gasteiger partial charge in [0.2, 0.25) is 0 Å². The van der Waals surface area contributed by atoms with E-state index in [4.69, 9.17) is 16.0 Å². The van der Waals surface area contributed by atoms with Crippen molar-refractivity contribution in [2.75, 3.05) is 46.1 Å². The van der Waals surface area contributed by atoms with Crippen LogP contribution in [-0.2, 0) is 20.8 Å².